The number of hydrogen-bond donors (Lipinski definition) is 1. The van der Waals surface area contributed by atoms with E-state index in [9.17, 15) is 0 Å². The normalized spacial score (nSPS) is 21.6. The maximum atomic E-state index is 6.17. The van der Waals surface area contributed by atoms with E-state index >= 15 is 0 Å². The van der Waals surface area contributed by atoms with Gasteiger partial charge in [0.15, 0.2) is 0 Å². The third-order valence-electron chi connectivity index (χ3n) is 4.28. The van der Waals surface area contributed by atoms with E-state index in [4.69, 9.17) is 4.74 Å². The lowest BCUT2D eigenvalue weighted by Gasteiger charge is -2.41. The Morgan fingerprint density at radius 1 is 1.12 bits per heavy atom. The van der Waals surface area contributed by atoms with Crippen molar-refractivity contribution < 1.29 is 4.74 Å². The van der Waals surface area contributed by atoms with Crippen LogP contribution < -0.4 is 5.32 Å². The summed E-state index contributed by atoms with van der Waals surface area (Å²) in [4.78, 5) is 0. The number of rotatable bonds is 7. The first kappa shape index (κ1) is 14.0. The van der Waals surface area contributed by atoms with Gasteiger partial charge in [-0.05, 0) is 32.7 Å². The summed E-state index contributed by atoms with van der Waals surface area (Å²) < 4.78 is 6.17. The van der Waals surface area contributed by atoms with Gasteiger partial charge in [0.1, 0.15) is 0 Å². The molecule has 0 aliphatic heterocycles. The summed E-state index contributed by atoms with van der Waals surface area (Å²) in [6, 6.07) is 0.532. The monoisotopic (exact) mass is 227 g/mol. The zero-order valence-electron chi connectivity index (χ0n) is 11.5. The van der Waals surface area contributed by atoms with Crippen LogP contribution in [0.4, 0.5) is 0 Å². The molecule has 2 nitrogen and oxygen atoms in total. The molecule has 0 aromatic carbocycles. The smallest absolute Gasteiger partial charge is 0.0837 e. The van der Waals surface area contributed by atoms with Crippen LogP contribution in [-0.4, -0.2) is 25.3 Å². The summed E-state index contributed by atoms with van der Waals surface area (Å²) in [5.74, 6) is 0.745. The summed E-state index contributed by atoms with van der Waals surface area (Å²) in [6.07, 6.45) is 7.63. The molecule has 1 atom stereocenters. The first-order valence-electron chi connectivity index (χ1n) is 7.05. The molecular formula is C14H29NO. The summed E-state index contributed by atoms with van der Waals surface area (Å²) in [5, 5.41) is 3.55. The van der Waals surface area contributed by atoms with Crippen LogP contribution in [0.25, 0.3) is 0 Å². The van der Waals surface area contributed by atoms with Gasteiger partial charge in [-0.15, -0.1) is 0 Å². The third kappa shape index (κ3) is 2.78. The molecule has 1 aliphatic rings. The van der Waals surface area contributed by atoms with Crippen molar-refractivity contribution in [2.75, 3.05) is 13.7 Å². The molecule has 1 saturated carbocycles. The SMILES string of the molecule is CCOC1(C(NC)C(CC)CC)CCCC1. The highest BCUT2D eigenvalue weighted by Gasteiger charge is 2.43. The van der Waals surface area contributed by atoms with Crippen molar-refractivity contribution in [3.63, 3.8) is 0 Å². The lowest BCUT2D eigenvalue weighted by atomic mass is 9.80. The summed E-state index contributed by atoms with van der Waals surface area (Å²) in [5.41, 5.74) is 0.125. The Bertz CT molecular complexity index is 183. The van der Waals surface area contributed by atoms with Crippen LogP contribution >= 0.6 is 0 Å². The zero-order chi connectivity index (χ0) is 12.0. The van der Waals surface area contributed by atoms with Gasteiger partial charge >= 0.3 is 0 Å². The van der Waals surface area contributed by atoms with Crippen LogP contribution in [0, 0.1) is 5.92 Å². The van der Waals surface area contributed by atoms with Crippen molar-refractivity contribution in [3.8, 4) is 0 Å². The van der Waals surface area contributed by atoms with Gasteiger partial charge in [0, 0.05) is 12.6 Å². The lowest BCUT2D eigenvalue weighted by Crippen LogP contribution is -2.53. The van der Waals surface area contributed by atoms with Crippen LogP contribution in [0.5, 0.6) is 0 Å². The number of nitrogens with one attached hydrogen (secondary N) is 1. The molecule has 2 heteroatoms. The molecule has 1 N–H and O–H groups in total. The average Bonchev–Trinajstić information content (AvgIpc) is 2.75. The molecule has 1 fully saturated rings. The number of hydrogen-bond acceptors (Lipinski definition) is 2. The number of ether oxygens (including phenoxy) is 1. The van der Waals surface area contributed by atoms with Crippen molar-refractivity contribution in [2.24, 2.45) is 5.92 Å². The van der Waals surface area contributed by atoms with Crippen LogP contribution in [0.3, 0.4) is 0 Å². The molecule has 1 unspecified atom stereocenters. The molecule has 16 heavy (non-hydrogen) atoms. The van der Waals surface area contributed by atoms with E-state index in [1.807, 2.05) is 0 Å². The van der Waals surface area contributed by atoms with Crippen molar-refractivity contribution in [3.05, 3.63) is 0 Å². The molecule has 1 aliphatic carbocycles. The second-order valence-electron chi connectivity index (χ2n) is 5.05. The summed E-state index contributed by atoms with van der Waals surface area (Å²) in [7, 11) is 2.10. The van der Waals surface area contributed by atoms with Gasteiger partial charge in [-0.3, -0.25) is 0 Å². The molecule has 0 saturated heterocycles. The molecule has 0 heterocycles. The molecule has 0 radical (unpaired) electrons. The van der Waals surface area contributed by atoms with Gasteiger partial charge in [0.25, 0.3) is 0 Å². The van der Waals surface area contributed by atoms with E-state index in [0.717, 1.165) is 12.5 Å². The second-order valence-corrected chi connectivity index (χ2v) is 5.05. The lowest BCUT2D eigenvalue weighted by molar-refractivity contribution is -0.0744. The predicted octanol–water partition coefficient (Wildman–Crippen LogP) is 3.36. The average molecular weight is 227 g/mol. The van der Waals surface area contributed by atoms with E-state index in [2.05, 4.69) is 33.1 Å². The van der Waals surface area contributed by atoms with Crippen LogP contribution in [-0.2, 0) is 4.74 Å². The fourth-order valence-corrected chi connectivity index (χ4v) is 3.49. The molecule has 0 bridgehead atoms. The van der Waals surface area contributed by atoms with Gasteiger partial charge in [0.05, 0.1) is 5.60 Å². The highest BCUT2D eigenvalue weighted by Crippen LogP contribution is 2.39. The minimum atomic E-state index is 0.125. The van der Waals surface area contributed by atoms with Crippen molar-refractivity contribution >= 4 is 0 Å². The van der Waals surface area contributed by atoms with Gasteiger partial charge in [-0.25, -0.2) is 0 Å². The third-order valence-corrected chi connectivity index (χ3v) is 4.28. The molecule has 0 aromatic rings. The maximum absolute atomic E-state index is 6.17. The van der Waals surface area contributed by atoms with Crippen molar-refractivity contribution in [1.29, 1.82) is 0 Å². The highest BCUT2D eigenvalue weighted by atomic mass is 16.5. The highest BCUT2D eigenvalue weighted by molar-refractivity contribution is 4.99. The standard InChI is InChI=1S/C14H29NO/c1-5-12(6-2)13(15-4)14(16-7-3)10-8-9-11-14/h12-13,15H,5-11H2,1-4H3. The molecule has 0 amide bonds. The van der Waals surface area contributed by atoms with Crippen molar-refractivity contribution in [2.45, 2.75) is 70.9 Å². The maximum Gasteiger partial charge on any atom is 0.0837 e. The van der Waals surface area contributed by atoms with Crippen LogP contribution in [0.1, 0.15) is 59.3 Å². The summed E-state index contributed by atoms with van der Waals surface area (Å²) in [6.45, 7) is 7.57. The van der Waals surface area contributed by atoms with Crippen LogP contribution in [0.2, 0.25) is 0 Å². The molecule has 1 rings (SSSR count). The van der Waals surface area contributed by atoms with E-state index in [0.29, 0.717) is 6.04 Å². The fourth-order valence-electron chi connectivity index (χ4n) is 3.49. The Hall–Kier alpha value is -0.0800. The van der Waals surface area contributed by atoms with Gasteiger partial charge in [-0.2, -0.15) is 0 Å². The summed E-state index contributed by atoms with van der Waals surface area (Å²) >= 11 is 0. The fraction of sp³-hybridized carbons (Fsp3) is 1.00. The molecule has 0 spiro atoms. The van der Waals surface area contributed by atoms with Gasteiger partial charge < -0.3 is 10.1 Å². The topological polar surface area (TPSA) is 21.3 Å². The largest absolute Gasteiger partial charge is 0.374 e. The zero-order valence-corrected chi connectivity index (χ0v) is 11.5. The Labute approximate surface area is 101 Å². The molecular weight excluding hydrogens is 198 g/mol. The van der Waals surface area contributed by atoms with Gasteiger partial charge in [0.2, 0.25) is 0 Å². The van der Waals surface area contributed by atoms with E-state index in [1.165, 1.54) is 38.5 Å². The Kier molecular flexibility index (Phi) is 5.77. The quantitative estimate of drug-likeness (QED) is 0.720. The second kappa shape index (κ2) is 6.61. The molecule has 96 valence electrons. The Morgan fingerprint density at radius 3 is 2.06 bits per heavy atom. The van der Waals surface area contributed by atoms with Gasteiger partial charge in [-0.1, -0.05) is 39.5 Å². The van der Waals surface area contributed by atoms with E-state index in [-0.39, 0.29) is 5.60 Å². The predicted molar refractivity (Wildman–Crippen MR) is 69.7 cm³/mol. The first-order valence-corrected chi connectivity index (χ1v) is 7.05. The molecule has 0 aromatic heterocycles. The Balaban J connectivity index is 2.80. The minimum absolute atomic E-state index is 0.125. The van der Waals surface area contributed by atoms with E-state index in [1.54, 1.807) is 0 Å². The first-order chi connectivity index (χ1) is 7.74. The minimum Gasteiger partial charge on any atom is -0.374 e. The van der Waals surface area contributed by atoms with E-state index < -0.39 is 0 Å². The Morgan fingerprint density at radius 2 is 1.69 bits per heavy atom. The number of likely N-dealkylation sites (N-methyl/N-ethyl adjacent to an activating group) is 1. The van der Waals surface area contributed by atoms with Crippen molar-refractivity contribution in [1.82, 2.24) is 5.32 Å². The van der Waals surface area contributed by atoms with Crippen LogP contribution in [0.15, 0.2) is 0 Å².